The quantitative estimate of drug-likeness (QED) is 0.465. The van der Waals surface area contributed by atoms with E-state index in [1.54, 1.807) is 35.0 Å². The molecular formula is C19H28N2O2S3. The van der Waals surface area contributed by atoms with Gasteiger partial charge in [-0.15, -0.1) is 23.5 Å². The molecule has 4 nitrogen and oxygen atoms in total. The predicted octanol–water partition coefficient (Wildman–Crippen LogP) is 5.15. The van der Waals surface area contributed by atoms with Gasteiger partial charge in [-0.2, -0.15) is 9.52 Å². The lowest BCUT2D eigenvalue weighted by atomic mass is 10.1. The monoisotopic (exact) mass is 412 g/mol. The van der Waals surface area contributed by atoms with Gasteiger partial charge in [-0.3, -0.25) is 4.79 Å². The minimum Gasteiger partial charge on any atom is -0.496 e. The summed E-state index contributed by atoms with van der Waals surface area (Å²) in [6, 6.07) is 6.18. The molecule has 2 aliphatic carbocycles. The third kappa shape index (κ3) is 4.93. The van der Waals surface area contributed by atoms with Crippen molar-refractivity contribution >= 4 is 47.6 Å². The molecule has 0 spiro atoms. The zero-order valence-corrected chi connectivity index (χ0v) is 18.9. The Bertz CT molecular complexity index is 753. The molecule has 0 fully saturated rings. The second-order valence-corrected chi connectivity index (χ2v) is 12.3. The number of hydrogen-bond acceptors (Lipinski definition) is 6. The van der Waals surface area contributed by atoms with Gasteiger partial charge in [0.25, 0.3) is 5.91 Å². The maximum Gasteiger partial charge on any atom is 0.285 e. The molecule has 0 bridgehead atoms. The van der Waals surface area contributed by atoms with Crippen molar-refractivity contribution in [1.82, 2.24) is 4.41 Å². The first kappa shape index (κ1) is 21.5. The van der Waals surface area contributed by atoms with E-state index in [1.165, 1.54) is 22.4 Å². The topological polar surface area (TPSA) is 41.9 Å². The predicted molar refractivity (Wildman–Crippen MR) is 117 cm³/mol. The van der Waals surface area contributed by atoms with E-state index in [9.17, 15) is 4.79 Å². The van der Waals surface area contributed by atoms with Crippen LogP contribution in [0.15, 0.2) is 23.3 Å². The standard InChI is InChI=1S/C12H22N2OS3.C7H6O/c1-8(2)16-12(17-9(3)4)7-13-14(11(12)15)18-10(5)6;1-8-7-4-5-2-3-6(5)7/h7-10H,1-6H3;2-4H,1H3. The van der Waals surface area contributed by atoms with Crippen molar-refractivity contribution in [2.75, 3.05) is 7.11 Å². The molecule has 0 aromatic carbocycles. The van der Waals surface area contributed by atoms with E-state index in [-0.39, 0.29) is 5.91 Å². The zero-order chi connectivity index (χ0) is 19.5. The van der Waals surface area contributed by atoms with Gasteiger partial charge in [0.1, 0.15) is 5.75 Å². The Labute approximate surface area is 169 Å². The fourth-order valence-electron chi connectivity index (χ4n) is 2.46. The molecule has 1 heterocycles. The van der Waals surface area contributed by atoms with E-state index in [0.717, 1.165) is 5.75 Å². The fourth-order valence-corrected chi connectivity index (χ4v) is 6.68. The van der Waals surface area contributed by atoms with E-state index in [0.29, 0.717) is 15.7 Å². The number of carbonyl (C=O) groups excluding carboxylic acids is 1. The number of benzene rings is 1. The Balaban J connectivity index is 0.000000247. The second kappa shape index (κ2) is 8.93. The highest BCUT2D eigenvalue weighted by Gasteiger charge is 2.47. The summed E-state index contributed by atoms with van der Waals surface area (Å²) in [5.41, 5.74) is 0. The highest BCUT2D eigenvalue weighted by molar-refractivity contribution is 8.21. The molecule has 3 aliphatic rings. The van der Waals surface area contributed by atoms with Gasteiger partial charge in [0, 0.05) is 21.0 Å². The molecule has 0 N–H and O–H groups in total. The van der Waals surface area contributed by atoms with Gasteiger partial charge in [-0.1, -0.05) is 53.7 Å². The van der Waals surface area contributed by atoms with E-state index in [4.69, 9.17) is 4.74 Å². The number of rotatable bonds is 7. The first-order valence-electron chi connectivity index (χ1n) is 8.79. The first-order chi connectivity index (χ1) is 12.2. The van der Waals surface area contributed by atoms with E-state index >= 15 is 0 Å². The number of amides is 1. The molecule has 0 atom stereocenters. The van der Waals surface area contributed by atoms with E-state index in [2.05, 4.69) is 58.8 Å². The summed E-state index contributed by atoms with van der Waals surface area (Å²) in [7, 11) is 1.70. The van der Waals surface area contributed by atoms with Crippen LogP contribution in [0, 0.1) is 10.4 Å². The molecule has 26 heavy (non-hydrogen) atoms. The summed E-state index contributed by atoms with van der Waals surface area (Å²) in [4.78, 5) is 12.6. The van der Waals surface area contributed by atoms with Gasteiger partial charge in [-0.25, -0.2) is 0 Å². The highest BCUT2D eigenvalue weighted by Crippen LogP contribution is 2.46. The Morgan fingerprint density at radius 3 is 1.96 bits per heavy atom. The molecule has 7 heteroatoms. The van der Waals surface area contributed by atoms with Gasteiger partial charge in [0.2, 0.25) is 0 Å². The summed E-state index contributed by atoms with van der Waals surface area (Å²) in [5.74, 6) is 1.13. The summed E-state index contributed by atoms with van der Waals surface area (Å²) in [6.45, 7) is 12.6. The Hall–Kier alpha value is -0.790. The van der Waals surface area contributed by atoms with Crippen LogP contribution in [0.5, 0.6) is 5.75 Å². The van der Waals surface area contributed by atoms with Crippen LogP contribution in [0.4, 0.5) is 0 Å². The third-order valence-electron chi connectivity index (χ3n) is 3.45. The first-order valence-corrected chi connectivity index (χ1v) is 11.4. The average molecular weight is 413 g/mol. The van der Waals surface area contributed by atoms with Gasteiger partial charge in [0.15, 0.2) is 4.08 Å². The van der Waals surface area contributed by atoms with Crippen molar-refractivity contribution in [3.05, 3.63) is 28.6 Å². The average Bonchev–Trinajstić information content (AvgIpc) is 2.78. The molecule has 1 amide bonds. The summed E-state index contributed by atoms with van der Waals surface area (Å²) < 4.78 is 5.99. The van der Waals surface area contributed by atoms with Crippen LogP contribution in [0.25, 0.3) is 0 Å². The van der Waals surface area contributed by atoms with E-state index < -0.39 is 4.08 Å². The summed E-state index contributed by atoms with van der Waals surface area (Å²) >= 11 is 4.86. The van der Waals surface area contributed by atoms with Crippen LogP contribution in [0.2, 0.25) is 0 Å². The number of hydrogen-bond donors (Lipinski definition) is 0. The Kier molecular flexibility index (Phi) is 7.39. The maximum absolute atomic E-state index is 12.6. The highest BCUT2D eigenvalue weighted by atomic mass is 32.2. The SMILES string of the molecule is CC(C)SN1N=CC(SC(C)C)(SC(C)C)C1=O.COc1cc2ccc1=2. The van der Waals surface area contributed by atoms with Crippen molar-refractivity contribution in [3.8, 4) is 5.75 Å². The van der Waals surface area contributed by atoms with Crippen molar-refractivity contribution < 1.29 is 9.53 Å². The number of nitrogens with zero attached hydrogens (tertiary/aromatic N) is 2. The van der Waals surface area contributed by atoms with Crippen LogP contribution in [-0.2, 0) is 4.79 Å². The van der Waals surface area contributed by atoms with E-state index in [1.807, 2.05) is 12.3 Å². The van der Waals surface area contributed by atoms with Crippen LogP contribution < -0.4 is 4.74 Å². The smallest absolute Gasteiger partial charge is 0.285 e. The number of carbonyl (C=O) groups is 1. The van der Waals surface area contributed by atoms with Gasteiger partial charge < -0.3 is 4.74 Å². The zero-order valence-electron chi connectivity index (χ0n) is 16.5. The molecule has 1 aliphatic heterocycles. The minimum atomic E-state index is -0.537. The molecule has 0 saturated carbocycles. The molecule has 3 rings (SSSR count). The summed E-state index contributed by atoms with van der Waals surface area (Å²) in [6.07, 6.45) is 1.82. The number of thioether (sulfide) groups is 2. The van der Waals surface area contributed by atoms with Crippen LogP contribution in [0.3, 0.4) is 0 Å². The normalized spacial score (nSPS) is 16.4. The molecule has 0 radical (unpaired) electrons. The largest absolute Gasteiger partial charge is 0.496 e. The third-order valence-corrected chi connectivity index (χ3v) is 7.11. The lowest BCUT2D eigenvalue weighted by molar-refractivity contribution is -0.124. The maximum atomic E-state index is 12.6. The number of methoxy groups -OCH3 is 1. The van der Waals surface area contributed by atoms with Gasteiger partial charge >= 0.3 is 0 Å². The molecule has 144 valence electrons. The van der Waals surface area contributed by atoms with Crippen molar-refractivity contribution in [2.45, 2.75) is 61.4 Å². The molecule has 0 unspecified atom stereocenters. The minimum absolute atomic E-state index is 0.0959. The van der Waals surface area contributed by atoms with Crippen LogP contribution in [0.1, 0.15) is 41.5 Å². The van der Waals surface area contributed by atoms with Crippen molar-refractivity contribution in [1.29, 1.82) is 0 Å². The Morgan fingerprint density at radius 2 is 1.65 bits per heavy atom. The fraction of sp³-hybridized carbons (Fsp3) is 0.579. The lowest BCUT2D eigenvalue weighted by Crippen LogP contribution is -2.37. The summed E-state index contributed by atoms with van der Waals surface area (Å²) in [5, 5.41) is 8.07. The van der Waals surface area contributed by atoms with Gasteiger partial charge in [-0.05, 0) is 23.2 Å². The van der Waals surface area contributed by atoms with Crippen LogP contribution in [-0.4, -0.2) is 43.5 Å². The molecule has 0 saturated heterocycles. The molecular weight excluding hydrogens is 384 g/mol. The Morgan fingerprint density at radius 1 is 1.04 bits per heavy atom. The van der Waals surface area contributed by atoms with Crippen LogP contribution >= 0.6 is 35.5 Å². The van der Waals surface area contributed by atoms with Crippen molar-refractivity contribution in [3.63, 3.8) is 0 Å². The van der Waals surface area contributed by atoms with Crippen molar-refractivity contribution in [2.24, 2.45) is 5.10 Å². The van der Waals surface area contributed by atoms with Gasteiger partial charge in [0.05, 0.1) is 13.3 Å². The molecule has 0 aromatic rings. The number of hydrazone groups is 1. The lowest BCUT2D eigenvalue weighted by Gasteiger charge is -2.28. The molecule has 0 aromatic heterocycles. The number of ether oxygens (including phenoxy) is 1. The second-order valence-electron chi connectivity index (χ2n) is 6.89.